The number of fused-ring (bicyclic) bond motifs is 1. The van der Waals surface area contributed by atoms with E-state index in [1.807, 2.05) is 28.2 Å². The largest absolute Gasteiger partial charge is 0.352 e. The van der Waals surface area contributed by atoms with E-state index in [0.29, 0.717) is 55.2 Å². The van der Waals surface area contributed by atoms with Crippen molar-refractivity contribution in [1.29, 1.82) is 0 Å². The molecule has 1 aromatic carbocycles. The first-order chi connectivity index (χ1) is 17.3. The van der Waals surface area contributed by atoms with Gasteiger partial charge in [-0.15, -0.1) is 0 Å². The zero-order valence-electron chi connectivity index (χ0n) is 20.3. The number of anilines is 3. The van der Waals surface area contributed by atoms with E-state index in [9.17, 15) is 18.0 Å². The van der Waals surface area contributed by atoms with Gasteiger partial charge in [-0.2, -0.15) is 4.98 Å². The highest BCUT2D eigenvalue weighted by Gasteiger charge is 2.31. The third-order valence-electron chi connectivity index (χ3n) is 6.57. The number of hydrogen-bond acceptors (Lipinski definition) is 6. The second-order valence-electron chi connectivity index (χ2n) is 9.57. The van der Waals surface area contributed by atoms with Crippen LogP contribution in [0.2, 0.25) is 0 Å². The van der Waals surface area contributed by atoms with Crippen LogP contribution in [0.3, 0.4) is 0 Å². The summed E-state index contributed by atoms with van der Waals surface area (Å²) in [4.78, 5) is 30.0. The molecule has 0 bridgehead atoms. The number of carbonyl (C=O) groups is 1. The van der Waals surface area contributed by atoms with E-state index in [1.54, 1.807) is 6.20 Å². The third kappa shape index (κ3) is 4.76. The molecule has 2 aromatic heterocycles. The number of aromatic nitrogens is 4. The summed E-state index contributed by atoms with van der Waals surface area (Å²) in [6.07, 6.45) is 4.84. The molecule has 0 spiro atoms. The normalized spacial score (nSPS) is 16.8. The maximum Gasteiger partial charge on any atom is 0.319 e. The van der Waals surface area contributed by atoms with E-state index >= 15 is 0 Å². The molecular weight excluding hydrogens is 473 g/mol. The van der Waals surface area contributed by atoms with Crippen molar-refractivity contribution < 1.29 is 18.0 Å². The Hall–Kier alpha value is -3.57. The topological polar surface area (TPSA) is 91.2 Å². The Kier molecular flexibility index (Phi) is 6.59. The summed E-state index contributed by atoms with van der Waals surface area (Å²) < 4.78 is 44.2. The lowest BCUT2D eigenvalue weighted by Gasteiger charge is -2.35. The van der Waals surface area contributed by atoms with Crippen LogP contribution in [-0.2, 0) is 0 Å². The number of nitrogens with one attached hydrogen (secondary N) is 2. The van der Waals surface area contributed by atoms with Crippen LogP contribution in [0, 0.1) is 17.5 Å². The molecule has 0 aliphatic carbocycles. The Morgan fingerprint density at radius 1 is 1.00 bits per heavy atom. The second-order valence-corrected chi connectivity index (χ2v) is 9.57. The van der Waals surface area contributed by atoms with E-state index in [1.165, 1.54) is 0 Å². The van der Waals surface area contributed by atoms with Crippen LogP contribution in [0.15, 0.2) is 18.3 Å². The van der Waals surface area contributed by atoms with Gasteiger partial charge in [-0.05, 0) is 39.5 Å². The molecule has 4 heterocycles. The lowest BCUT2D eigenvalue weighted by Crippen LogP contribution is -2.45. The van der Waals surface area contributed by atoms with Gasteiger partial charge in [0.1, 0.15) is 17.0 Å². The van der Waals surface area contributed by atoms with Crippen molar-refractivity contribution in [3.63, 3.8) is 0 Å². The predicted molar refractivity (Wildman–Crippen MR) is 130 cm³/mol. The summed E-state index contributed by atoms with van der Waals surface area (Å²) >= 11 is 0. The number of urea groups is 1. The van der Waals surface area contributed by atoms with Crippen molar-refractivity contribution in [2.45, 2.75) is 51.6 Å². The maximum atomic E-state index is 14.5. The predicted octanol–water partition coefficient (Wildman–Crippen LogP) is 4.66. The minimum atomic E-state index is -1.06. The van der Waals surface area contributed by atoms with E-state index in [2.05, 4.69) is 25.6 Å². The van der Waals surface area contributed by atoms with Gasteiger partial charge in [-0.1, -0.05) is 0 Å². The van der Waals surface area contributed by atoms with Crippen LogP contribution in [0.1, 0.15) is 45.6 Å². The highest BCUT2D eigenvalue weighted by molar-refractivity contribution is 5.77. The zero-order chi connectivity index (χ0) is 25.4. The van der Waals surface area contributed by atoms with E-state index in [0.717, 1.165) is 25.9 Å². The van der Waals surface area contributed by atoms with Crippen molar-refractivity contribution in [2.75, 3.05) is 36.8 Å². The van der Waals surface area contributed by atoms with Gasteiger partial charge >= 0.3 is 6.03 Å². The summed E-state index contributed by atoms with van der Waals surface area (Å²) in [7, 11) is 0. The van der Waals surface area contributed by atoms with E-state index in [-0.39, 0.29) is 24.1 Å². The van der Waals surface area contributed by atoms with Gasteiger partial charge in [0.2, 0.25) is 11.9 Å². The molecule has 9 nitrogen and oxygen atoms in total. The number of piperidine rings is 1. The van der Waals surface area contributed by atoms with Gasteiger partial charge in [0, 0.05) is 50.4 Å². The van der Waals surface area contributed by atoms with Crippen molar-refractivity contribution in [3.05, 3.63) is 35.8 Å². The molecule has 192 valence electrons. The Morgan fingerprint density at radius 3 is 2.28 bits per heavy atom. The maximum absolute atomic E-state index is 14.5. The number of halogens is 3. The average Bonchev–Trinajstić information content (AvgIpc) is 3.49. The second kappa shape index (κ2) is 9.82. The first kappa shape index (κ1) is 24.1. The van der Waals surface area contributed by atoms with Crippen LogP contribution in [-0.4, -0.2) is 67.6 Å². The molecule has 0 unspecified atom stereocenters. The van der Waals surface area contributed by atoms with Crippen LogP contribution in [0.25, 0.3) is 11.2 Å². The van der Waals surface area contributed by atoms with Gasteiger partial charge in [-0.3, -0.25) is 4.57 Å². The molecule has 36 heavy (non-hydrogen) atoms. The molecule has 3 aromatic rings. The van der Waals surface area contributed by atoms with Crippen LogP contribution >= 0.6 is 0 Å². The van der Waals surface area contributed by atoms with Gasteiger partial charge in [0.05, 0.1) is 6.20 Å². The van der Waals surface area contributed by atoms with E-state index < -0.39 is 23.1 Å². The fourth-order valence-corrected chi connectivity index (χ4v) is 4.85. The summed E-state index contributed by atoms with van der Waals surface area (Å²) in [5.74, 6) is -2.55. The third-order valence-corrected chi connectivity index (χ3v) is 6.57. The van der Waals surface area contributed by atoms with Crippen molar-refractivity contribution >= 4 is 34.8 Å². The number of imidazole rings is 1. The number of benzene rings is 1. The number of carbonyl (C=O) groups excluding carboxylic acids is 1. The molecule has 2 aliphatic heterocycles. The molecule has 5 rings (SSSR count). The van der Waals surface area contributed by atoms with Crippen LogP contribution in [0.4, 0.5) is 35.5 Å². The fourth-order valence-electron chi connectivity index (χ4n) is 4.85. The minimum absolute atomic E-state index is 0.0565. The molecule has 2 N–H and O–H groups in total. The molecule has 2 amide bonds. The smallest absolute Gasteiger partial charge is 0.319 e. The monoisotopic (exact) mass is 502 g/mol. The number of likely N-dealkylation sites (tertiary alicyclic amines) is 2. The summed E-state index contributed by atoms with van der Waals surface area (Å²) in [5, 5.41) is 5.88. The average molecular weight is 503 g/mol. The van der Waals surface area contributed by atoms with Crippen LogP contribution < -0.4 is 10.6 Å². The lowest BCUT2D eigenvalue weighted by molar-refractivity contribution is 0.142. The quantitative estimate of drug-likeness (QED) is 0.527. The molecule has 0 saturated carbocycles. The summed E-state index contributed by atoms with van der Waals surface area (Å²) in [5.41, 5.74) is 0.455. The van der Waals surface area contributed by atoms with Gasteiger partial charge in [0.15, 0.2) is 17.3 Å². The Bertz CT molecular complexity index is 1240. The number of nitrogens with zero attached hydrogens (tertiary/aromatic N) is 6. The lowest BCUT2D eigenvalue weighted by atomic mass is 10.0. The highest BCUT2D eigenvalue weighted by Crippen LogP contribution is 2.33. The van der Waals surface area contributed by atoms with Crippen molar-refractivity contribution in [2.24, 2.45) is 0 Å². The van der Waals surface area contributed by atoms with Crippen molar-refractivity contribution in [3.8, 4) is 0 Å². The summed E-state index contributed by atoms with van der Waals surface area (Å²) in [6.45, 7) is 6.59. The number of hydrogen-bond donors (Lipinski definition) is 2. The molecular formula is C24H29F3N8O. The fraction of sp³-hybridized carbons (Fsp3) is 0.500. The molecule has 2 fully saturated rings. The van der Waals surface area contributed by atoms with Gasteiger partial charge in [0.25, 0.3) is 0 Å². The highest BCUT2D eigenvalue weighted by atomic mass is 19.1. The Labute approximate surface area is 206 Å². The standard InChI is InChI=1S/C24H29F3N8O/c1-14(2)29-22-28-13-19-21(32-22)35(23(30-19)31-20-17(26)11-15(25)12-18(20)27)16-5-9-34(10-6-16)24(36)33-7-3-4-8-33/h11-14,16H,3-10H2,1-2H3,(H,30,31)(H,28,29,32). The first-order valence-corrected chi connectivity index (χ1v) is 12.3. The van der Waals surface area contributed by atoms with E-state index in [4.69, 9.17) is 0 Å². The SMILES string of the molecule is CC(C)Nc1ncc2nc(Nc3c(F)cc(F)cc3F)n(C3CCN(C(=O)N4CCCC4)CC3)c2n1. The molecule has 2 saturated heterocycles. The molecule has 0 radical (unpaired) electrons. The Balaban J connectivity index is 1.47. The van der Waals surface area contributed by atoms with Crippen LogP contribution in [0.5, 0.6) is 0 Å². The van der Waals surface area contributed by atoms with Gasteiger partial charge in [-0.25, -0.2) is 27.9 Å². The first-order valence-electron chi connectivity index (χ1n) is 12.3. The Morgan fingerprint density at radius 2 is 1.64 bits per heavy atom. The summed E-state index contributed by atoms with van der Waals surface area (Å²) in [6, 6.07) is 1.25. The molecule has 0 atom stereocenters. The zero-order valence-corrected chi connectivity index (χ0v) is 20.3. The number of amides is 2. The van der Waals surface area contributed by atoms with Gasteiger partial charge < -0.3 is 20.4 Å². The minimum Gasteiger partial charge on any atom is -0.352 e. The van der Waals surface area contributed by atoms with Crippen molar-refractivity contribution in [1.82, 2.24) is 29.3 Å². The molecule has 2 aliphatic rings. The molecule has 12 heteroatoms. The number of rotatable bonds is 5.